The monoisotopic (exact) mass is 564 g/mol. The highest BCUT2D eigenvalue weighted by Crippen LogP contribution is 2.47. The largest absolute Gasteiger partial charge is 0.418 e. The summed E-state index contributed by atoms with van der Waals surface area (Å²) in [4.78, 5) is 18.2. The van der Waals surface area contributed by atoms with Gasteiger partial charge in [0.15, 0.2) is 0 Å². The number of likely N-dealkylation sites (tertiary alicyclic amines) is 1. The molecule has 0 amide bonds. The number of rotatable bonds is 8. The van der Waals surface area contributed by atoms with E-state index in [2.05, 4.69) is 27.7 Å². The Labute approximate surface area is 233 Å². The first-order valence-electron chi connectivity index (χ1n) is 15.0. The van der Waals surface area contributed by atoms with E-state index in [0.717, 1.165) is 51.7 Å². The molecule has 3 unspecified atom stereocenters. The van der Waals surface area contributed by atoms with Crippen LogP contribution in [0.15, 0.2) is 23.3 Å². The van der Waals surface area contributed by atoms with Gasteiger partial charge in [0.1, 0.15) is 0 Å². The number of pyridine rings is 1. The zero-order valence-corrected chi connectivity index (χ0v) is 23.6. The Bertz CT molecular complexity index is 1240. The quantitative estimate of drug-likeness (QED) is 0.501. The Hall–Kier alpha value is -1.92. The van der Waals surface area contributed by atoms with Gasteiger partial charge in [-0.25, -0.2) is 15.6 Å². The van der Waals surface area contributed by atoms with Crippen LogP contribution in [-0.2, 0) is 17.5 Å². The van der Waals surface area contributed by atoms with Gasteiger partial charge in [0.25, 0.3) is 0 Å². The molecule has 8 nitrogen and oxygen atoms in total. The van der Waals surface area contributed by atoms with Crippen LogP contribution in [0.3, 0.4) is 0 Å². The molecule has 2 N–H and O–H groups in total. The zero-order chi connectivity index (χ0) is 28.0. The summed E-state index contributed by atoms with van der Waals surface area (Å²) in [7, 11) is 3.78. The molecule has 2 aliphatic carbocycles. The van der Waals surface area contributed by atoms with Gasteiger partial charge < -0.3 is 4.74 Å². The normalized spacial score (nSPS) is 29.8. The predicted molar refractivity (Wildman–Crippen MR) is 146 cm³/mol. The smallest absolute Gasteiger partial charge is 0.383 e. The molecule has 2 aromatic rings. The average molecular weight is 565 g/mol. The lowest BCUT2D eigenvalue weighted by atomic mass is 9.65. The van der Waals surface area contributed by atoms with Crippen LogP contribution in [0.25, 0.3) is 5.52 Å². The molecular weight excluding hydrogens is 521 g/mol. The van der Waals surface area contributed by atoms with Crippen molar-refractivity contribution in [2.45, 2.75) is 88.8 Å². The van der Waals surface area contributed by atoms with E-state index in [0.29, 0.717) is 36.5 Å². The van der Waals surface area contributed by atoms with Gasteiger partial charge in [-0.1, -0.05) is 25.7 Å². The molecule has 5 atom stereocenters. The van der Waals surface area contributed by atoms with Crippen LogP contribution in [-0.4, -0.2) is 65.0 Å². The molecule has 2 aromatic heterocycles. The average Bonchev–Trinajstić information content (AvgIpc) is 3.60. The highest BCUT2D eigenvalue weighted by atomic mass is 19.4. The van der Waals surface area contributed by atoms with Gasteiger partial charge in [-0.15, -0.1) is 0 Å². The van der Waals surface area contributed by atoms with Gasteiger partial charge in [0, 0.05) is 38.1 Å². The van der Waals surface area contributed by atoms with Crippen molar-refractivity contribution in [3.8, 4) is 0 Å². The first-order chi connectivity index (χ1) is 19.2. The number of nitrogens with zero attached hydrogens (tertiary/aromatic N) is 4. The fourth-order valence-corrected chi connectivity index (χ4v) is 7.96. The van der Waals surface area contributed by atoms with E-state index in [1.807, 2.05) is 0 Å². The highest BCUT2D eigenvalue weighted by molar-refractivity contribution is 5.56. The van der Waals surface area contributed by atoms with Crippen LogP contribution in [0.5, 0.6) is 0 Å². The number of aromatic nitrogens is 2. The van der Waals surface area contributed by atoms with Gasteiger partial charge in [0.2, 0.25) is 0 Å². The third kappa shape index (κ3) is 5.35. The van der Waals surface area contributed by atoms with Crippen molar-refractivity contribution in [2.75, 3.05) is 34.0 Å². The Balaban J connectivity index is 1.31. The third-order valence-electron chi connectivity index (χ3n) is 10.1. The van der Waals surface area contributed by atoms with Crippen LogP contribution < -0.4 is 16.5 Å². The van der Waals surface area contributed by atoms with Crippen LogP contribution in [0.2, 0.25) is 0 Å². The summed E-state index contributed by atoms with van der Waals surface area (Å²) >= 11 is 0. The van der Waals surface area contributed by atoms with E-state index in [-0.39, 0.29) is 29.5 Å². The Morgan fingerprint density at radius 1 is 1.07 bits per heavy atom. The first kappa shape index (κ1) is 28.2. The SMILES string of the molecule is COC[C@H]1CCCN1Cc1cc(C(F)(F)F)c2cn(C3CCCC([C@H](C4CCC4)C4NNCN4C)C3)c(=O)n2c1. The molecule has 4 heterocycles. The lowest BCUT2D eigenvalue weighted by molar-refractivity contribution is -0.136. The second-order valence-corrected chi connectivity index (χ2v) is 12.6. The number of hydrogen-bond donors (Lipinski definition) is 2. The van der Waals surface area contributed by atoms with E-state index in [9.17, 15) is 18.0 Å². The van der Waals surface area contributed by atoms with E-state index in [1.54, 1.807) is 17.9 Å². The van der Waals surface area contributed by atoms with E-state index in [1.165, 1.54) is 35.9 Å². The van der Waals surface area contributed by atoms with Crippen LogP contribution >= 0.6 is 0 Å². The Morgan fingerprint density at radius 3 is 2.52 bits per heavy atom. The number of fused-ring (bicyclic) bond motifs is 1. The molecule has 0 radical (unpaired) electrons. The predicted octanol–water partition coefficient (Wildman–Crippen LogP) is 4.20. The van der Waals surface area contributed by atoms with Crippen molar-refractivity contribution in [3.63, 3.8) is 0 Å². The van der Waals surface area contributed by atoms with Crippen LogP contribution in [0.4, 0.5) is 13.2 Å². The second-order valence-electron chi connectivity index (χ2n) is 12.6. The van der Waals surface area contributed by atoms with Gasteiger partial charge in [0.05, 0.1) is 30.5 Å². The number of methoxy groups -OCH3 is 1. The standard InChI is InChI=1S/C29H43F3N6O2/c1-35-18-33-34-27(35)26(20-6-3-7-20)21-8-4-9-22(13-21)37-16-25-24(29(30,31)32)12-19(15-38(25)28(37)39)14-36-11-5-10-23(36)17-40-2/h12,15-16,20-23,26-27,33-34H,3-11,13-14,17-18H2,1-2H3/t21?,22?,23-,26+,27?/m1/s1. The number of nitrogens with one attached hydrogen (secondary N) is 2. The van der Waals surface area contributed by atoms with Crippen molar-refractivity contribution in [3.05, 3.63) is 40.1 Å². The number of halogens is 3. The van der Waals surface area contributed by atoms with Gasteiger partial charge in [-0.05, 0) is 75.1 Å². The number of hydrazine groups is 1. The summed E-state index contributed by atoms with van der Waals surface area (Å²) in [5, 5.41) is 0. The van der Waals surface area contributed by atoms with Gasteiger partial charge in [-0.2, -0.15) is 13.2 Å². The molecule has 2 aliphatic heterocycles. The second kappa shape index (κ2) is 11.4. The molecule has 0 spiro atoms. The summed E-state index contributed by atoms with van der Waals surface area (Å²) in [5.41, 5.74) is 6.13. The Kier molecular flexibility index (Phi) is 8.04. The molecule has 0 bridgehead atoms. The molecule has 11 heteroatoms. The number of ether oxygens (including phenoxy) is 1. The van der Waals surface area contributed by atoms with E-state index >= 15 is 0 Å². The number of hydrogen-bond acceptors (Lipinski definition) is 6. The summed E-state index contributed by atoms with van der Waals surface area (Å²) in [5.74, 6) is 1.53. The summed E-state index contributed by atoms with van der Waals surface area (Å²) < 4.78 is 51.2. The van der Waals surface area contributed by atoms with Gasteiger partial charge in [-0.3, -0.25) is 18.8 Å². The lowest BCUT2D eigenvalue weighted by Crippen LogP contribution is -2.50. The molecule has 40 heavy (non-hydrogen) atoms. The molecule has 222 valence electrons. The van der Waals surface area contributed by atoms with Crippen LogP contribution in [0, 0.1) is 17.8 Å². The van der Waals surface area contributed by atoms with E-state index in [4.69, 9.17) is 4.74 Å². The Morgan fingerprint density at radius 2 is 1.85 bits per heavy atom. The maximum absolute atomic E-state index is 14.3. The fraction of sp³-hybridized carbons (Fsp3) is 0.759. The fourth-order valence-electron chi connectivity index (χ4n) is 7.96. The van der Waals surface area contributed by atoms with Gasteiger partial charge >= 0.3 is 11.9 Å². The lowest BCUT2D eigenvalue weighted by Gasteiger charge is -2.46. The van der Waals surface area contributed by atoms with Crippen molar-refractivity contribution in [1.82, 2.24) is 29.6 Å². The minimum atomic E-state index is -4.55. The highest BCUT2D eigenvalue weighted by Gasteiger charge is 2.44. The summed E-state index contributed by atoms with van der Waals surface area (Å²) in [6.45, 7) is 2.53. The molecule has 6 rings (SSSR count). The molecule has 4 fully saturated rings. The summed E-state index contributed by atoms with van der Waals surface area (Å²) in [6.07, 6.45) is 8.20. The number of alkyl halides is 3. The molecule has 2 saturated heterocycles. The first-order valence-corrected chi connectivity index (χ1v) is 15.0. The maximum atomic E-state index is 14.3. The molecule has 0 aromatic carbocycles. The van der Waals surface area contributed by atoms with Crippen molar-refractivity contribution in [1.29, 1.82) is 0 Å². The van der Waals surface area contributed by atoms with Crippen LogP contribution in [0.1, 0.15) is 75.0 Å². The number of imidazole rings is 1. The summed E-state index contributed by atoms with van der Waals surface area (Å²) in [6, 6.07) is 1.33. The molecule has 2 saturated carbocycles. The minimum absolute atomic E-state index is 0.0461. The minimum Gasteiger partial charge on any atom is -0.383 e. The molecular formula is C29H43F3N6O2. The third-order valence-corrected chi connectivity index (χ3v) is 10.1. The maximum Gasteiger partial charge on any atom is 0.418 e. The topological polar surface area (TPSA) is 66.2 Å². The van der Waals surface area contributed by atoms with Crippen molar-refractivity contribution in [2.24, 2.45) is 17.8 Å². The molecule has 4 aliphatic rings. The van der Waals surface area contributed by atoms with Crippen molar-refractivity contribution < 1.29 is 17.9 Å². The van der Waals surface area contributed by atoms with E-state index < -0.39 is 11.7 Å². The zero-order valence-electron chi connectivity index (χ0n) is 23.6. The van der Waals surface area contributed by atoms with Crippen molar-refractivity contribution >= 4 is 5.52 Å².